The van der Waals surface area contributed by atoms with E-state index in [0.29, 0.717) is 17.1 Å². The van der Waals surface area contributed by atoms with E-state index in [2.05, 4.69) is 15.3 Å². The number of furan rings is 1. The van der Waals surface area contributed by atoms with Crippen molar-refractivity contribution in [1.82, 2.24) is 4.98 Å². The van der Waals surface area contributed by atoms with Crippen molar-refractivity contribution in [2.75, 3.05) is 11.9 Å². The first-order valence-electron chi connectivity index (χ1n) is 8.73. The number of para-hydroxylation sites is 1. The van der Waals surface area contributed by atoms with E-state index >= 15 is 0 Å². The number of hydrogen-bond donors (Lipinski definition) is 2. The molecule has 0 fully saturated rings. The molecule has 2 N–H and O–H groups in total. The molecule has 1 aromatic carbocycles. The lowest BCUT2D eigenvalue weighted by Crippen LogP contribution is -2.06. The molecule has 0 bridgehead atoms. The Hall–Kier alpha value is -3.87. The molecule has 0 spiro atoms. The summed E-state index contributed by atoms with van der Waals surface area (Å²) >= 11 is 0. The molecule has 28 heavy (non-hydrogen) atoms. The highest BCUT2D eigenvalue weighted by Crippen LogP contribution is 2.39. The number of aromatic hydroxyl groups is 1. The highest BCUT2D eigenvalue weighted by atomic mass is 16.5. The lowest BCUT2D eigenvalue weighted by molar-refractivity contribution is 0.0524. The van der Waals surface area contributed by atoms with Gasteiger partial charge in [-0.15, -0.1) is 0 Å². The number of nitrogens with one attached hydrogen (secondary N) is 1. The zero-order valence-corrected chi connectivity index (χ0v) is 15.0. The molecule has 0 aliphatic carbocycles. The van der Waals surface area contributed by atoms with Crippen LogP contribution in [0.2, 0.25) is 0 Å². The average Bonchev–Trinajstić information content (AvgIpc) is 3.24. The number of aliphatic imine (C=N–C) groups is 1. The van der Waals surface area contributed by atoms with Crippen LogP contribution < -0.4 is 5.32 Å². The van der Waals surface area contributed by atoms with Gasteiger partial charge in [-0.05, 0) is 37.3 Å². The second-order valence-corrected chi connectivity index (χ2v) is 5.96. The fourth-order valence-electron chi connectivity index (χ4n) is 2.85. The zero-order chi connectivity index (χ0) is 19.5. The lowest BCUT2D eigenvalue weighted by atomic mass is 10.1. The molecule has 7 heteroatoms. The van der Waals surface area contributed by atoms with Crippen molar-refractivity contribution in [2.24, 2.45) is 4.99 Å². The molecule has 1 aliphatic rings. The van der Waals surface area contributed by atoms with E-state index in [1.54, 1.807) is 31.5 Å². The number of nitrogens with zero attached hydrogens (tertiary/aromatic N) is 2. The Morgan fingerprint density at radius 3 is 2.86 bits per heavy atom. The van der Waals surface area contributed by atoms with E-state index in [1.807, 2.05) is 36.4 Å². The molecule has 4 rings (SSSR count). The number of anilines is 2. The van der Waals surface area contributed by atoms with Gasteiger partial charge >= 0.3 is 5.97 Å². The summed E-state index contributed by atoms with van der Waals surface area (Å²) in [6.45, 7) is 1.87. The van der Waals surface area contributed by atoms with Crippen molar-refractivity contribution >= 4 is 41.2 Å². The second-order valence-electron chi connectivity index (χ2n) is 5.96. The topological polar surface area (TPSA) is 97.0 Å². The van der Waals surface area contributed by atoms with E-state index in [1.165, 1.54) is 0 Å². The first kappa shape index (κ1) is 17.5. The molecule has 3 heterocycles. The summed E-state index contributed by atoms with van der Waals surface area (Å²) in [6, 6.07) is 12.9. The van der Waals surface area contributed by atoms with Crippen molar-refractivity contribution in [3.8, 4) is 5.75 Å². The third kappa shape index (κ3) is 3.25. The van der Waals surface area contributed by atoms with Crippen LogP contribution in [-0.2, 0) is 4.74 Å². The van der Waals surface area contributed by atoms with Gasteiger partial charge in [0, 0.05) is 29.2 Å². The summed E-state index contributed by atoms with van der Waals surface area (Å²) in [5, 5.41) is 13.7. The highest BCUT2D eigenvalue weighted by molar-refractivity contribution is 6.21. The first-order valence-corrected chi connectivity index (χ1v) is 8.73. The van der Waals surface area contributed by atoms with Crippen molar-refractivity contribution in [3.05, 3.63) is 65.5 Å². The Labute approximate surface area is 161 Å². The van der Waals surface area contributed by atoms with E-state index in [9.17, 15) is 9.90 Å². The molecule has 3 aromatic rings. The lowest BCUT2D eigenvalue weighted by Gasteiger charge is -2.05. The second kappa shape index (κ2) is 7.40. The van der Waals surface area contributed by atoms with Gasteiger partial charge in [0.2, 0.25) is 5.88 Å². The molecule has 0 saturated heterocycles. The van der Waals surface area contributed by atoms with Crippen molar-refractivity contribution in [3.63, 3.8) is 0 Å². The number of carbonyl (C=O) groups excluding carboxylic acids is 1. The maximum atomic E-state index is 12.4. The number of allylic oxidation sites excluding steroid dienone is 1. The maximum absolute atomic E-state index is 12.4. The van der Waals surface area contributed by atoms with Gasteiger partial charge in [-0.25, -0.2) is 14.8 Å². The van der Waals surface area contributed by atoms with Crippen LogP contribution in [0.1, 0.15) is 28.6 Å². The maximum Gasteiger partial charge on any atom is 0.347 e. The van der Waals surface area contributed by atoms with Crippen molar-refractivity contribution in [1.29, 1.82) is 0 Å². The van der Waals surface area contributed by atoms with Crippen LogP contribution in [0.4, 0.5) is 17.4 Å². The number of benzene rings is 1. The van der Waals surface area contributed by atoms with Gasteiger partial charge in [0.25, 0.3) is 0 Å². The smallest absolute Gasteiger partial charge is 0.347 e. The van der Waals surface area contributed by atoms with Crippen LogP contribution in [-0.4, -0.2) is 28.9 Å². The minimum Gasteiger partial charge on any atom is -0.504 e. The fraction of sp³-hybridized carbons (Fsp3) is 0.0952. The molecule has 0 atom stereocenters. The molecular formula is C21H17N3O4. The predicted molar refractivity (Wildman–Crippen MR) is 106 cm³/mol. The number of ether oxygens (including phenoxy) is 1. The summed E-state index contributed by atoms with van der Waals surface area (Å²) in [4.78, 5) is 20.8. The van der Waals surface area contributed by atoms with Gasteiger partial charge in [0.15, 0.2) is 22.9 Å². The van der Waals surface area contributed by atoms with E-state index in [0.717, 1.165) is 5.56 Å². The minimum atomic E-state index is -0.672. The molecular weight excluding hydrogens is 358 g/mol. The number of carbonyl (C=O) groups is 1. The minimum absolute atomic E-state index is 0.0566. The van der Waals surface area contributed by atoms with Crippen LogP contribution in [0.25, 0.3) is 11.6 Å². The van der Waals surface area contributed by atoms with E-state index in [-0.39, 0.29) is 29.6 Å². The Balaban J connectivity index is 1.77. The summed E-state index contributed by atoms with van der Waals surface area (Å²) in [7, 11) is 0. The first-order chi connectivity index (χ1) is 13.7. The van der Waals surface area contributed by atoms with Gasteiger partial charge in [0.1, 0.15) is 0 Å². The fourth-order valence-corrected chi connectivity index (χ4v) is 2.85. The largest absolute Gasteiger partial charge is 0.504 e. The molecule has 7 nitrogen and oxygen atoms in total. The summed E-state index contributed by atoms with van der Waals surface area (Å²) < 4.78 is 10.8. The van der Waals surface area contributed by atoms with Gasteiger partial charge < -0.3 is 19.6 Å². The molecule has 0 amide bonds. The third-order valence-electron chi connectivity index (χ3n) is 4.13. The number of esters is 1. The Morgan fingerprint density at radius 2 is 2.07 bits per heavy atom. The quantitative estimate of drug-likeness (QED) is 0.635. The molecule has 0 unspecified atom stereocenters. The molecule has 0 saturated carbocycles. The zero-order valence-electron chi connectivity index (χ0n) is 15.0. The number of pyridine rings is 1. The summed E-state index contributed by atoms with van der Waals surface area (Å²) in [6.07, 6.45) is 4.91. The standard InChI is InChI=1S/C21H17N3O4/c1-2-27-21(26)17-18(25)16(28-20(17)24-14-7-4-3-5-8-14)11-13-12-23-19-15(13)9-6-10-22-19/h3-12,24-25H,2H2,1H3. The average molecular weight is 375 g/mol. The third-order valence-corrected chi connectivity index (χ3v) is 4.13. The van der Waals surface area contributed by atoms with Gasteiger partial charge in [-0.2, -0.15) is 0 Å². The van der Waals surface area contributed by atoms with Crippen LogP contribution in [0, 0.1) is 0 Å². The molecule has 140 valence electrons. The number of fused-ring (bicyclic) bond motifs is 1. The van der Waals surface area contributed by atoms with Gasteiger partial charge in [-0.3, -0.25) is 0 Å². The van der Waals surface area contributed by atoms with Crippen LogP contribution in [0.15, 0.2) is 58.1 Å². The van der Waals surface area contributed by atoms with E-state index < -0.39 is 5.97 Å². The van der Waals surface area contributed by atoms with Gasteiger partial charge in [-0.1, -0.05) is 18.2 Å². The SMILES string of the molecule is CCOC(=O)c1c(Nc2ccccc2)oc(C=C2C=Nc3ncccc32)c1O. The monoisotopic (exact) mass is 375 g/mol. The van der Waals surface area contributed by atoms with E-state index in [4.69, 9.17) is 9.15 Å². The Morgan fingerprint density at radius 1 is 1.25 bits per heavy atom. The molecule has 0 radical (unpaired) electrons. The van der Waals surface area contributed by atoms with Crippen molar-refractivity contribution in [2.45, 2.75) is 6.92 Å². The predicted octanol–water partition coefficient (Wildman–Crippen LogP) is 4.56. The van der Waals surface area contributed by atoms with Crippen LogP contribution in [0.5, 0.6) is 5.75 Å². The van der Waals surface area contributed by atoms with Gasteiger partial charge in [0.05, 0.1) is 6.61 Å². The summed E-state index contributed by atoms with van der Waals surface area (Å²) in [5.41, 5.74) is 2.18. The number of rotatable bonds is 5. The molecule has 2 aromatic heterocycles. The number of aromatic nitrogens is 1. The highest BCUT2D eigenvalue weighted by Gasteiger charge is 2.27. The van der Waals surface area contributed by atoms with Crippen LogP contribution in [0.3, 0.4) is 0 Å². The number of hydrogen-bond acceptors (Lipinski definition) is 7. The van der Waals surface area contributed by atoms with Crippen molar-refractivity contribution < 1.29 is 19.1 Å². The normalized spacial score (nSPS) is 13.5. The molecule has 1 aliphatic heterocycles. The Kier molecular flexibility index (Phi) is 4.63. The van der Waals surface area contributed by atoms with Crippen LogP contribution >= 0.6 is 0 Å². The Bertz CT molecular complexity index is 1080. The summed E-state index contributed by atoms with van der Waals surface area (Å²) in [5.74, 6) is -0.146.